The molecule has 0 radical (unpaired) electrons. The minimum atomic E-state index is -0.652. The Bertz CT molecular complexity index is 894. The maximum atomic E-state index is 13.3. The number of hydrogen-bond acceptors (Lipinski definition) is 2. The van der Waals surface area contributed by atoms with Gasteiger partial charge in [-0.05, 0) is 49.1 Å². The fraction of sp³-hybridized carbons (Fsp3) is 0.417. The van der Waals surface area contributed by atoms with Gasteiger partial charge in [0.05, 0.1) is 6.42 Å². The average Bonchev–Trinajstić information content (AvgIpc) is 3.24. The van der Waals surface area contributed by atoms with Gasteiger partial charge in [0.25, 0.3) is 0 Å². The van der Waals surface area contributed by atoms with Gasteiger partial charge in [-0.3, -0.25) is 9.59 Å². The van der Waals surface area contributed by atoms with Crippen LogP contribution in [0, 0.1) is 5.82 Å². The Balaban J connectivity index is 1.86. The Morgan fingerprint density at radius 3 is 2.29 bits per heavy atom. The van der Waals surface area contributed by atoms with Crippen LogP contribution in [0.25, 0.3) is 0 Å². The number of carbonyl (C=O) groups is 2. The molecule has 4 nitrogen and oxygen atoms in total. The molecular formula is C24H27Cl2FN2O2. The maximum absolute atomic E-state index is 13.3. The fourth-order valence-corrected chi connectivity index (χ4v) is 4.54. The minimum absolute atomic E-state index is 0.0512. The van der Waals surface area contributed by atoms with Gasteiger partial charge in [-0.1, -0.05) is 61.2 Å². The van der Waals surface area contributed by atoms with E-state index in [-0.39, 0.29) is 36.6 Å². The van der Waals surface area contributed by atoms with Gasteiger partial charge in [0.2, 0.25) is 11.8 Å². The van der Waals surface area contributed by atoms with Crippen LogP contribution < -0.4 is 5.32 Å². The highest BCUT2D eigenvalue weighted by Gasteiger charge is 2.31. The van der Waals surface area contributed by atoms with Crippen LogP contribution in [0.2, 0.25) is 10.0 Å². The first-order valence-electron chi connectivity index (χ1n) is 10.7. The zero-order valence-electron chi connectivity index (χ0n) is 17.5. The number of benzene rings is 2. The summed E-state index contributed by atoms with van der Waals surface area (Å²) in [6.07, 6.45) is 4.63. The molecule has 1 saturated carbocycles. The summed E-state index contributed by atoms with van der Waals surface area (Å²) in [6, 6.07) is 10.5. The molecule has 1 unspecified atom stereocenters. The Morgan fingerprint density at radius 1 is 1.10 bits per heavy atom. The van der Waals surface area contributed by atoms with Gasteiger partial charge in [0.1, 0.15) is 11.9 Å². The predicted molar refractivity (Wildman–Crippen MR) is 122 cm³/mol. The molecule has 166 valence electrons. The number of amides is 2. The normalized spacial score (nSPS) is 15.0. The van der Waals surface area contributed by atoms with Crippen molar-refractivity contribution in [3.8, 4) is 0 Å². The fourth-order valence-electron chi connectivity index (χ4n) is 4.02. The Hall–Kier alpha value is -2.11. The van der Waals surface area contributed by atoms with Crippen molar-refractivity contribution in [2.45, 2.75) is 64.1 Å². The number of carbonyl (C=O) groups excluding carboxylic acids is 2. The van der Waals surface area contributed by atoms with E-state index in [2.05, 4.69) is 5.32 Å². The lowest BCUT2D eigenvalue weighted by atomic mass is 10.1. The van der Waals surface area contributed by atoms with Crippen molar-refractivity contribution >= 4 is 35.0 Å². The molecule has 0 spiro atoms. The molecule has 7 heteroatoms. The lowest BCUT2D eigenvalue weighted by Gasteiger charge is -2.32. The highest BCUT2D eigenvalue weighted by molar-refractivity contribution is 6.36. The van der Waals surface area contributed by atoms with Crippen molar-refractivity contribution in [2.75, 3.05) is 0 Å². The average molecular weight is 465 g/mol. The second-order valence-electron chi connectivity index (χ2n) is 7.94. The number of rotatable bonds is 8. The van der Waals surface area contributed by atoms with Gasteiger partial charge in [0, 0.05) is 28.2 Å². The largest absolute Gasteiger partial charge is 0.352 e. The van der Waals surface area contributed by atoms with E-state index in [0.717, 1.165) is 25.7 Å². The van der Waals surface area contributed by atoms with Gasteiger partial charge >= 0.3 is 0 Å². The quantitative estimate of drug-likeness (QED) is 0.557. The molecule has 2 amide bonds. The second kappa shape index (κ2) is 11.0. The topological polar surface area (TPSA) is 49.4 Å². The molecule has 3 rings (SSSR count). The van der Waals surface area contributed by atoms with E-state index >= 15 is 0 Å². The summed E-state index contributed by atoms with van der Waals surface area (Å²) < 4.78 is 13.3. The lowest BCUT2D eigenvalue weighted by molar-refractivity contribution is -0.141. The van der Waals surface area contributed by atoms with Crippen LogP contribution >= 0.6 is 23.2 Å². The monoisotopic (exact) mass is 464 g/mol. The van der Waals surface area contributed by atoms with Crippen LogP contribution in [0.15, 0.2) is 42.5 Å². The molecule has 0 heterocycles. The van der Waals surface area contributed by atoms with Crippen molar-refractivity contribution in [1.29, 1.82) is 0 Å². The molecule has 2 aromatic carbocycles. The molecule has 0 aromatic heterocycles. The molecule has 1 fully saturated rings. The van der Waals surface area contributed by atoms with E-state index in [1.54, 1.807) is 35.2 Å². The van der Waals surface area contributed by atoms with Crippen molar-refractivity contribution in [2.24, 2.45) is 0 Å². The van der Waals surface area contributed by atoms with E-state index in [1.165, 1.54) is 12.1 Å². The molecule has 1 N–H and O–H groups in total. The number of nitrogens with one attached hydrogen (secondary N) is 1. The summed E-state index contributed by atoms with van der Waals surface area (Å²) in [5.74, 6) is -0.765. The van der Waals surface area contributed by atoms with Crippen molar-refractivity contribution in [1.82, 2.24) is 10.2 Å². The summed E-state index contributed by atoms with van der Waals surface area (Å²) >= 11 is 12.7. The maximum Gasteiger partial charge on any atom is 0.243 e. The molecule has 1 atom stereocenters. The van der Waals surface area contributed by atoms with Crippen LogP contribution in [0.5, 0.6) is 0 Å². The van der Waals surface area contributed by atoms with Crippen molar-refractivity contribution in [3.63, 3.8) is 0 Å². The summed E-state index contributed by atoms with van der Waals surface area (Å²) in [5.41, 5.74) is 1.28. The Labute approximate surface area is 192 Å². The number of halogens is 3. The summed E-state index contributed by atoms with van der Waals surface area (Å²) in [6.45, 7) is 2.00. The van der Waals surface area contributed by atoms with E-state index in [4.69, 9.17) is 23.2 Å². The number of hydrogen-bond donors (Lipinski definition) is 1. The molecule has 0 bridgehead atoms. The van der Waals surface area contributed by atoms with E-state index in [0.29, 0.717) is 27.6 Å². The SMILES string of the molecule is CCC(C(=O)NC1CCCC1)N(Cc1c(Cl)cccc1Cl)C(=O)Cc1ccc(F)cc1. The van der Waals surface area contributed by atoms with Crippen LogP contribution in [0.3, 0.4) is 0 Å². The molecule has 31 heavy (non-hydrogen) atoms. The molecular weight excluding hydrogens is 438 g/mol. The van der Waals surface area contributed by atoms with Crippen LogP contribution in [-0.4, -0.2) is 28.8 Å². The smallest absolute Gasteiger partial charge is 0.243 e. The van der Waals surface area contributed by atoms with Crippen LogP contribution in [-0.2, 0) is 22.6 Å². The van der Waals surface area contributed by atoms with E-state index in [1.807, 2.05) is 6.92 Å². The minimum Gasteiger partial charge on any atom is -0.352 e. The molecule has 1 aliphatic rings. The van der Waals surface area contributed by atoms with E-state index < -0.39 is 6.04 Å². The highest BCUT2D eigenvalue weighted by Crippen LogP contribution is 2.27. The molecule has 0 saturated heterocycles. The first-order chi connectivity index (χ1) is 14.9. The summed E-state index contributed by atoms with van der Waals surface area (Å²) in [7, 11) is 0. The van der Waals surface area contributed by atoms with Crippen molar-refractivity contribution in [3.05, 3.63) is 69.5 Å². The third kappa shape index (κ3) is 6.20. The van der Waals surface area contributed by atoms with Gasteiger partial charge in [-0.2, -0.15) is 0 Å². The summed E-state index contributed by atoms with van der Waals surface area (Å²) in [5, 5.41) is 3.99. The van der Waals surface area contributed by atoms with Crippen molar-refractivity contribution < 1.29 is 14.0 Å². The molecule has 0 aliphatic heterocycles. The molecule has 1 aliphatic carbocycles. The first kappa shape index (κ1) is 23.6. The molecule has 2 aromatic rings. The first-order valence-corrected chi connectivity index (χ1v) is 11.4. The van der Waals surface area contributed by atoms with Gasteiger partial charge < -0.3 is 10.2 Å². The Morgan fingerprint density at radius 2 is 1.71 bits per heavy atom. The van der Waals surface area contributed by atoms with E-state index in [9.17, 15) is 14.0 Å². The van der Waals surface area contributed by atoms with Gasteiger partial charge in [-0.15, -0.1) is 0 Å². The standard InChI is InChI=1S/C24H27Cl2FN2O2/c1-2-22(24(31)28-18-6-3-4-7-18)29(15-19-20(25)8-5-9-21(19)26)23(30)14-16-10-12-17(27)13-11-16/h5,8-13,18,22H,2-4,6-7,14-15H2,1H3,(H,28,31). The lowest BCUT2D eigenvalue weighted by Crippen LogP contribution is -2.51. The van der Waals surface area contributed by atoms with Crippen LogP contribution in [0.4, 0.5) is 4.39 Å². The van der Waals surface area contributed by atoms with Gasteiger partial charge in [0.15, 0.2) is 0 Å². The summed E-state index contributed by atoms with van der Waals surface area (Å²) in [4.78, 5) is 28.0. The zero-order valence-corrected chi connectivity index (χ0v) is 19.1. The highest BCUT2D eigenvalue weighted by atomic mass is 35.5. The third-order valence-electron chi connectivity index (χ3n) is 5.75. The van der Waals surface area contributed by atoms with Gasteiger partial charge in [-0.25, -0.2) is 4.39 Å². The zero-order chi connectivity index (χ0) is 22.4. The Kier molecular flexibility index (Phi) is 8.33. The third-order valence-corrected chi connectivity index (χ3v) is 6.45. The second-order valence-corrected chi connectivity index (χ2v) is 8.75. The number of nitrogens with zero attached hydrogens (tertiary/aromatic N) is 1. The van der Waals surface area contributed by atoms with Crippen LogP contribution in [0.1, 0.15) is 50.2 Å². The predicted octanol–water partition coefficient (Wildman–Crippen LogP) is 5.54.